The van der Waals surface area contributed by atoms with E-state index < -0.39 is 0 Å². The van der Waals surface area contributed by atoms with Crippen molar-refractivity contribution in [1.29, 1.82) is 0 Å². The molecule has 265 valence electrons. The van der Waals surface area contributed by atoms with E-state index in [9.17, 15) is 9.90 Å². The van der Waals surface area contributed by atoms with Gasteiger partial charge >= 0.3 is 0 Å². The molecule has 1 heterocycles. The van der Waals surface area contributed by atoms with E-state index in [4.69, 9.17) is 4.98 Å². The summed E-state index contributed by atoms with van der Waals surface area (Å²) in [5.74, 6) is 0.547. The van der Waals surface area contributed by atoms with Crippen LogP contribution in [0, 0.1) is 24.8 Å². The SMILES string of the molecule is CCC(CC)C(=O)/C=C(\O)C(CC)CC.Cc1ccc2nc(-c3[c-]c4ccccc4c(C(C)(C)C)c3)c3c(c2c1)C(C)(C)c1ccccc1-3.[Ir]. The van der Waals surface area contributed by atoms with Crippen LogP contribution in [0.15, 0.2) is 84.6 Å². The number of hydrogen-bond donors (Lipinski definition) is 1. The van der Waals surface area contributed by atoms with Gasteiger partial charge in [-0.25, -0.2) is 0 Å². The number of aromatic nitrogens is 1. The molecule has 0 fully saturated rings. The summed E-state index contributed by atoms with van der Waals surface area (Å²) in [6, 6.07) is 30.2. The monoisotopic (exact) mass is 845 g/mol. The molecule has 3 nitrogen and oxygen atoms in total. The second-order valence-corrected chi connectivity index (χ2v) is 15.3. The summed E-state index contributed by atoms with van der Waals surface area (Å²) in [5.41, 5.74) is 11.0. The number of fused-ring (bicyclic) bond motifs is 6. The van der Waals surface area contributed by atoms with E-state index >= 15 is 0 Å². The molecule has 1 aliphatic rings. The summed E-state index contributed by atoms with van der Waals surface area (Å²) < 4.78 is 0. The number of carbonyl (C=O) groups excluding carboxylic acids is 1. The Labute approximate surface area is 314 Å². The Morgan fingerprint density at radius 2 is 1.48 bits per heavy atom. The number of ketones is 1. The fourth-order valence-corrected chi connectivity index (χ4v) is 7.62. The molecule has 0 amide bonds. The molecule has 1 radical (unpaired) electrons. The van der Waals surface area contributed by atoms with Crippen LogP contribution in [-0.2, 0) is 35.7 Å². The van der Waals surface area contributed by atoms with Gasteiger partial charge in [0.25, 0.3) is 0 Å². The summed E-state index contributed by atoms with van der Waals surface area (Å²) in [7, 11) is 0. The van der Waals surface area contributed by atoms with Crippen molar-refractivity contribution >= 4 is 27.5 Å². The van der Waals surface area contributed by atoms with Crippen molar-refractivity contribution < 1.29 is 30.0 Å². The van der Waals surface area contributed by atoms with E-state index in [-0.39, 0.29) is 54.3 Å². The Balaban J connectivity index is 0.000000301. The zero-order valence-corrected chi connectivity index (χ0v) is 34.0. The zero-order valence-electron chi connectivity index (χ0n) is 31.6. The van der Waals surface area contributed by atoms with Crippen molar-refractivity contribution in [3.05, 3.63) is 113 Å². The van der Waals surface area contributed by atoms with Crippen LogP contribution >= 0.6 is 0 Å². The normalized spacial score (nSPS) is 13.6. The molecule has 0 atom stereocenters. The molecule has 0 bridgehead atoms. The molecule has 0 unspecified atom stereocenters. The van der Waals surface area contributed by atoms with Crippen molar-refractivity contribution in [2.45, 2.75) is 106 Å². The Bertz CT molecular complexity index is 2020. The maximum absolute atomic E-state index is 11.7. The fraction of sp³-hybridized carbons (Fsp3) is 0.391. The summed E-state index contributed by atoms with van der Waals surface area (Å²) in [4.78, 5) is 17.0. The first-order valence-electron chi connectivity index (χ1n) is 18.2. The van der Waals surface area contributed by atoms with Gasteiger partial charge in [0.05, 0.1) is 11.3 Å². The van der Waals surface area contributed by atoms with E-state index in [1.807, 2.05) is 27.7 Å². The molecule has 0 spiro atoms. The van der Waals surface area contributed by atoms with Crippen LogP contribution in [0.1, 0.15) is 110 Å². The van der Waals surface area contributed by atoms with E-state index in [1.54, 1.807) is 0 Å². The van der Waals surface area contributed by atoms with Crippen LogP contribution < -0.4 is 0 Å². The van der Waals surface area contributed by atoms with E-state index in [0.717, 1.165) is 47.8 Å². The number of benzene rings is 4. The average molecular weight is 845 g/mol. The Kier molecular flexibility index (Phi) is 12.3. The summed E-state index contributed by atoms with van der Waals surface area (Å²) >= 11 is 0. The van der Waals surface area contributed by atoms with Gasteiger partial charge in [0, 0.05) is 54.5 Å². The van der Waals surface area contributed by atoms with Crippen LogP contribution in [0.5, 0.6) is 0 Å². The number of nitrogens with zero attached hydrogens (tertiary/aromatic N) is 1. The summed E-state index contributed by atoms with van der Waals surface area (Å²) in [6.45, 7) is 21.8. The molecule has 50 heavy (non-hydrogen) atoms. The van der Waals surface area contributed by atoms with Crippen molar-refractivity contribution in [3.8, 4) is 22.4 Å². The van der Waals surface area contributed by atoms with Gasteiger partial charge in [0.2, 0.25) is 0 Å². The number of allylic oxidation sites excluding steroid dienone is 2. The second-order valence-electron chi connectivity index (χ2n) is 15.3. The maximum atomic E-state index is 11.7. The number of aliphatic hydroxyl groups is 1. The van der Waals surface area contributed by atoms with E-state index in [0.29, 0.717) is 0 Å². The van der Waals surface area contributed by atoms with Gasteiger partial charge < -0.3 is 5.11 Å². The van der Waals surface area contributed by atoms with Gasteiger partial charge in [-0.2, -0.15) is 0 Å². The predicted octanol–water partition coefficient (Wildman–Crippen LogP) is 12.6. The molecule has 1 aromatic heterocycles. The molecule has 0 saturated carbocycles. The van der Waals surface area contributed by atoms with Crippen LogP contribution in [0.4, 0.5) is 0 Å². The third-order valence-corrected chi connectivity index (χ3v) is 10.6. The number of aliphatic hydroxyl groups excluding tert-OH is 1. The van der Waals surface area contributed by atoms with Gasteiger partial charge in [-0.1, -0.05) is 127 Å². The summed E-state index contributed by atoms with van der Waals surface area (Å²) in [6.07, 6.45) is 4.91. The van der Waals surface area contributed by atoms with E-state index in [2.05, 4.69) is 120 Å². The standard InChI is InChI=1S/C33H30N.C13H24O2.Ir/c1-20-15-16-28-25(17-20)30-29(24-13-9-10-14-26(24)33(30,5)6)31(34-28)22-18-21-11-7-8-12-23(21)27(19-22)32(2,3)4;1-5-10(6-2)12(14)9-13(15)11(7-3)8-4;/h7-17,19H,1-6H3;9-11,14H,5-8H2,1-4H3;/q-1;;/b;12-9-;. The minimum absolute atomic E-state index is 0. The third-order valence-electron chi connectivity index (χ3n) is 10.6. The summed E-state index contributed by atoms with van der Waals surface area (Å²) in [5, 5.41) is 13.4. The number of rotatable bonds is 8. The van der Waals surface area contributed by atoms with E-state index in [1.165, 1.54) is 50.2 Å². The Morgan fingerprint density at radius 1 is 0.860 bits per heavy atom. The average Bonchev–Trinajstić information content (AvgIpc) is 3.32. The molecule has 0 saturated heterocycles. The van der Waals surface area contributed by atoms with Gasteiger partial charge in [-0.05, 0) is 72.4 Å². The molecule has 4 heteroatoms. The molecule has 1 N–H and O–H groups in total. The number of hydrogen-bond acceptors (Lipinski definition) is 3. The molecular formula is C46H54IrNO2-. The van der Waals surface area contributed by atoms with Crippen LogP contribution in [0.2, 0.25) is 0 Å². The van der Waals surface area contributed by atoms with Gasteiger partial charge in [0.1, 0.15) is 0 Å². The largest absolute Gasteiger partial charge is 0.512 e. The third kappa shape index (κ3) is 7.53. The molecule has 5 aromatic rings. The van der Waals surface area contributed by atoms with Crippen molar-refractivity contribution in [2.24, 2.45) is 11.8 Å². The minimum atomic E-state index is -0.0979. The van der Waals surface area contributed by atoms with Crippen LogP contribution in [0.25, 0.3) is 44.1 Å². The topological polar surface area (TPSA) is 50.2 Å². The smallest absolute Gasteiger partial charge is 0.162 e. The number of pyridine rings is 1. The van der Waals surface area contributed by atoms with Gasteiger partial charge in [-0.15, -0.1) is 29.1 Å². The van der Waals surface area contributed by atoms with Crippen molar-refractivity contribution in [2.75, 3.05) is 0 Å². The first kappa shape index (κ1) is 39.2. The minimum Gasteiger partial charge on any atom is -0.512 e. The van der Waals surface area contributed by atoms with Gasteiger partial charge in [-0.3, -0.25) is 9.78 Å². The van der Waals surface area contributed by atoms with Gasteiger partial charge in [0.15, 0.2) is 5.78 Å². The second kappa shape index (κ2) is 15.7. The Morgan fingerprint density at radius 3 is 2.12 bits per heavy atom. The van der Waals surface area contributed by atoms with Crippen molar-refractivity contribution in [3.63, 3.8) is 0 Å². The predicted molar refractivity (Wildman–Crippen MR) is 208 cm³/mol. The fourth-order valence-electron chi connectivity index (χ4n) is 7.62. The first-order valence-corrected chi connectivity index (χ1v) is 18.2. The number of carbonyl (C=O) groups is 1. The maximum Gasteiger partial charge on any atom is 0.162 e. The number of aryl methyl sites for hydroxylation is 1. The van der Waals surface area contributed by atoms with Crippen molar-refractivity contribution in [1.82, 2.24) is 4.98 Å². The van der Waals surface area contributed by atoms with Crippen LogP contribution in [-0.4, -0.2) is 15.9 Å². The first-order chi connectivity index (χ1) is 23.3. The van der Waals surface area contributed by atoms with Crippen LogP contribution in [0.3, 0.4) is 0 Å². The quantitative estimate of drug-likeness (QED) is 0.0962. The Hall–Kier alpha value is -3.59. The molecule has 1 aliphatic carbocycles. The molecular weight excluding hydrogens is 791 g/mol. The molecule has 4 aromatic carbocycles. The molecule has 6 rings (SSSR count). The zero-order chi connectivity index (χ0) is 35.7. The molecule has 0 aliphatic heterocycles.